The highest BCUT2D eigenvalue weighted by Crippen LogP contribution is 2.39. The molecule has 5 heteroatoms. The third-order valence-corrected chi connectivity index (χ3v) is 2.98. The molecule has 1 atom stereocenters. The highest BCUT2D eigenvalue weighted by molar-refractivity contribution is 5.55. The second-order valence-electron chi connectivity index (χ2n) is 4.39. The number of rotatable bonds is 9. The first-order valence-corrected chi connectivity index (χ1v) is 6.78. The van der Waals surface area contributed by atoms with Crippen LogP contribution in [0.4, 0.5) is 0 Å². The van der Waals surface area contributed by atoms with Gasteiger partial charge in [0, 0.05) is 25.3 Å². The number of ether oxygens (including phenoxy) is 4. The fourth-order valence-corrected chi connectivity index (χ4v) is 2.06. The summed E-state index contributed by atoms with van der Waals surface area (Å²) >= 11 is 0. The molecule has 0 fully saturated rings. The molecular formula is C15H25NO4. The lowest BCUT2D eigenvalue weighted by Gasteiger charge is -2.17. The highest BCUT2D eigenvalue weighted by Gasteiger charge is 2.15. The molecule has 5 nitrogen and oxygen atoms in total. The molecule has 0 heterocycles. The Labute approximate surface area is 121 Å². The molecule has 1 aromatic carbocycles. The van der Waals surface area contributed by atoms with E-state index in [9.17, 15) is 0 Å². The molecule has 0 radical (unpaired) electrons. The van der Waals surface area contributed by atoms with Crippen molar-refractivity contribution in [1.29, 1.82) is 0 Å². The summed E-state index contributed by atoms with van der Waals surface area (Å²) in [7, 11) is 4.84. The standard InChI is InChI=1S/C15H25NO4/c1-6-20-11(2)9-16-10-12-7-8-13(17-3)15(19-5)14(12)18-4/h7-8,11,16H,6,9-10H2,1-5H3. The third-order valence-electron chi connectivity index (χ3n) is 2.98. The molecule has 0 spiro atoms. The van der Waals surface area contributed by atoms with Gasteiger partial charge in [-0.2, -0.15) is 0 Å². The summed E-state index contributed by atoms with van der Waals surface area (Å²) in [6.45, 7) is 6.23. The normalized spacial score (nSPS) is 12.1. The van der Waals surface area contributed by atoms with Crippen molar-refractivity contribution in [2.24, 2.45) is 0 Å². The Hall–Kier alpha value is -1.46. The minimum atomic E-state index is 0.186. The van der Waals surface area contributed by atoms with Gasteiger partial charge in [-0.15, -0.1) is 0 Å². The van der Waals surface area contributed by atoms with E-state index in [0.29, 0.717) is 23.8 Å². The Balaban J connectivity index is 2.75. The van der Waals surface area contributed by atoms with E-state index in [1.54, 1.807) is 21.3 Å². The Morgan fingerprint density at radius 3 is 2.30 bits per heavy atom. The predicted octanol–water partition coefficient (Wildman–Crippen LogP) is 2.23. The summed E-state index contributed by atoms with van der Waals surface area (Å²) in [6.07, 6.45) is 0.186. The SMILES string of the molecule is CCOC(C)CNCc1ccc(OC)c(OC)c1OC. The van der Waals surface area contributed by atoms with Crippen molar-refractivity contribution >= 4 is 0 Å². The topological polar surface area (TPSA) is 49.0 Å². The minimum absolute atomic E-state index is 0.186. The fourth-order valence-electron chi connectivity index (χ4n) is 2.06. The van der Waals surface area contributed by atoms with Crippen molar-refractivity contribution in [3.8, 4) is 17.2 Å². The zero-order valence-electron chi connectivity index (χ0n) is 13.0. The van der Waals surface area contributed by atoms with Gasteiger partial charge in [-0.25, -0.2) is 0 Å². The van der Waals surface area contributed by atoms with Crippen LogP contribution in [0.25, 0.3) is 0 Å². The van der Waals surface area contributed by atoms with Gasteiger partial charge in [-0.3, -0.25) is 0 Å². The summed E-state index contributed by atoms with van der Waals surface area (Å²) in [4.78, 5) is 0. The van der Waals surface area contributed by atoms with Gasteiger partial charge in [-0.1, -0.05) is 6.07 Å². The van der Waals surface area contributed by atoms with E-state index < -0.39 is 0 Å². The second kappa shape index (κ2) is 8.66. The highest BCUT2D eigenvalue weighted by atomic mass is 16.5. The molecule has 20 heavy (non-hydrogen) atoms. The molecule has 0 aliphatic carbocycles. The largest absolute Gasteiger partial charge is 0.493 e. The monoisotopic (exact) mass is 283 g/mol. The van der Waals surface area contributed by atoms with Crippen molar-refractivity contribution in [2.45, 2.75) is 26.5 Å². The molecule has 0 bridgehead atoms. The molecule has 114 valence electrons. The number of benzene rings is 1. The van der Waals surface area contributed by atoms with Gasteiger partial charge < -0.3 is 24.3 Å². The Morgan fingerprint density at radius 2 is 1.75 bits per heavy atom. The van der Waals surface area contributed by atoms with E-state index in [0.717, 1.165) is 18.7 Å². The van der Waals surface area contributed by atoms with Crippen molar-refractivity contribution in [1.82, 2.24) is 5.32 Å². The van der Waals surface area contributed by atoms with Crippen LogP contribution in [0.15, 0.2) is 12.1 Å². The lowest BCUT2D eigenvalue weighted by Crippen LogP contribution is -2.26. The molecule has 0 aliphatic rings. The average Bonchev–Trinajstić information content (AvgIpc) is 2.46. The number of hydrogen-bond donors (Lipinski definition) is 1. The lowest BCUT2D eigenvalue weighted by molar-refractivity contribution is 0.0759. The molecule has 0 aromatic heterocycles. The van der Waals surface area contributed by atoms with E-state index in [4.69, 9.17) is 18.9 Å². The summed E-state index contributed by atoms with van der Waals surface area (Å²) in [5.74, 6) is 1.98. The third kappa shape index (κ3) is 4.28. The van der Waals surface area contributed by atoms with Crippen LogP contribution in [-0.4, -0.2) is 40.6 Å². The van der Waals surface area contributed by atoms with Gasteiger partial charge in [-0.05, 0) is 19.9 Å². The van der Waals surface area contributed by atoms with E-state index in [1.165, 1.54) is 0 Å². The van der Waals surface area contributed by atoms with E-state index >= 15 is 0 Å². The molecule has 0 saturated carbocycles. The van der Waals surface area contributed by atoms with Crippen LogP contribution in [0.3, 0.4) is 0 Å². The number of methoxy groups -OCH3 is 3. The Morgan fingerprint density at radius 1 is 1.05 bits per heavy atom. The summed E-state index contributed by atoms with van der Waals surface area (Å²) in [6, 6.07) is 3.85. The zero-order valence-corrected chi connectivity index (χ0v) is 13.0. The van der Waals surface area contributed by atoms with Crippen LogP contribution in [0.2, 0.25) is 0 Å². The quantitative estimate of drug-likeness (QED) is 0.753. The van der Waals surface area contributed by atoms with E-state index in [-0.39, 0.29) is 6.10 Å². The summed E-state index contributed by atoms with van der Waals surface area (Å²) in [5, 5.41) is 3.35. The smallest absolute Gasteiger partial charge is 0.203 e. The van der Waals surface area contributed by atoms with Crippen LogP contribution >= 0.6 is 0 Å². The molecule has 0 amide bonds. The van der Waals surface area contributed by atoms with Gasteiger partial charge in [0.1, 0.15) is 0 Å². The predicted molar refractivity (Wildman–Crippen MR) is 78.9 cm³/mol. The Bertz CT molecular complexity index is 409. The van der Waals surface area contributed by atoms with Crippen LogP contribution in [0.1, 0.15) is 19.4 Å². The zero-order chi connectivity index (χ0) is 15.0. The van der Waals surface area contributed by atoms with E-state index in [2.05, 4.69) is 5.32 Å². The van der Waals surface area contributed by atoms with Crippen molar-refractivity contribution in [2.75, 3.05) is 34.5 Å². The van der Waals surface area contributed by atoms with Crippen LogP contribution in [0.5, 0.6) is 17.2 Å². The molecule has 1 aromatic rings. The fraction of sp³-hybridized carbons (Fsp3) is 0.600. The maximum Gasteiger partial charge on any atom is 0.203 e. The van der Waals surface area contributed by atoms with Gasteiger partial charge >= 0.3 is 0 Å². The molecule has 0 aliphatic heterocycles. The van der Waals surface area contributed by atoms with Gasteiger partial charge in [0.2, 0.25) is 5.75 Å². The van der Waals surface area contributed by atoms with Crippen molar-refractivity contribution in [3.05, 3.63) is 17.7 Å². The van der Waals surface area contributed by atoms with Crippen molar-refractivity contribution < 1.29 is 18.9 Å². The van der Waals surface area contributed by atoms with Gasteiger partial charge in [0.05, 0.1) is 27.4 Å². The molecule has 1 unspecified atom stereocenters. The lowest BCUT2D eigenvalue weighted by atomic mass is 10.1. The van der Waals surface area contributed by atoms with Crippen LogP contribution in [-0.2, 0) is 11.3 Å². The molecule has 1 rings (SSSR count). The molecule has 1 N–H and O–H groups in total. The van der Waals surface area contributed by atoms with Crippen molar-refractivity contribution in [3.63, 3.8) is 0 Å². The second-order valence-corrected chi connectivity index (χ2v) is 4.39. The maximum atomic E-state index is 5.48. The molecular weight excluding hydrogens is 258 g/mol. The van der Waals surface area contributed by atoms with E-state index in [1.807, 2.05) is 26.0 Å². The summed E-state index contributed by atoms with van der Waals surface area (Å²) in [5.41, 5.74) is 1.02. The number of hydrogen-bond acceptors (Lipinski definition) is 5. The van der Waals surface area contributed by atoms with Crippen LogP contribution < -0.4 is 19.5 Å². The minimum Gasteiger partial charge on any atom is -0.493 e. The maximum absolute atomic E-state index is 5.48. The first-order chi connectivity index (χ1) is 9.67. The number of nitrogens with one attached hydrogen (secondary N) is 1. The first-order valence-electron chi connectivity index (χ1n) is 6.78. The average molecular weight is 283 g/mol. The summed E-state index contributed by atoms with van der Waals surface area (Å²) < 4.78 is 21.5. The first kappa shape index (κ1) is 16.6. The van der Waals surface area contributed by atoms with Crippen LogP contribution in [0, 0.1) is 0 Å². The molecule has 0 saturated heterocycles. The van der Waals surface area contributed by atoms with Gasteiger partial charge in [0.25, 0.3) is 0 Å². The van der Waals surface area contributed by atoms with Gasteiger partial charge in [0.15, 0.2) is 11.5 Å². The Kier molecular flexibility index (Phi) is 7.18.